The van der Waals surface area contributed by atoms with Crippen molar-refractivity contribution >= 4 is 24.2 Å². The van der Waals surface area contributed by atoms with Gasteiger partial charge in [0, 0.05) is 12.2 Å². The minimum absolute atomic E-state index is 0. The van der Waals surface area contributed by atoms with Gasteiger partial charge in [0.25, 0.3) is 0 Å². The van der Waals surface area contributed by atoms with E-state index in [0.29, 0.717) is 6.54 Å². The molecule has 1 aromatic rings. The van der Waals surface area contributed by atoms with E-state index in [1.807, 2.05) is 30.3 Å². The van der Waals surface area contributed by atoms with E-state index < -0.39 is 0 Å². The van der Waals surface area contributed by atoms with E-state index in [0.717, 1.165) is 25.3 Å². The number of benzene rings is 1. The molecule has 5 heteroatoms. The lowest BCUT2D eigenvalue weighted by molar-refractivity contribution is 0.101. The number of ether oxygens (including phenoxy) is 1. The molecule has 0 aromatic heterocycles. The predicted molar refractivity (Wildman–Crippen MR) is 81.6 cm³/mol. The van der Waals surface area contributed by atoms with Crippen LogP contribution in [0.15, 0.2) is 30.3 Å². The summed E-state index contributed by atoms with van der Waals surface area (Å²) in [6.45, 7) is 3.81. The number of piperidine rings is 1. The smallest absolute Gasteiger partial charge is 0.414 e. The first-order chi connectivity index (χ1) is 9.33. The summed E-state index contributed by atoms with van der Waals surface area (Å²) in [5, 5.41) is 0. The maximum Gasteiger partial charge on any atom is 0.414 e. The Bertz CT molecular complexity index is 435. The molecule has 2 saturated heterocycles. The third-order valence-corrected chi connectivity index (χ3v) is 3.85. The van der Waals surface area contributed by atoms with Crippen LogP contribution in [0.1, 0.15) is 19.3 Å². The van der Waals surface area contributed by atoms with Gasteiger partial charge in [0.15, 0.2) is 0 Å². The molecule has 0 N–H and O–H groups in total. The monoisotopic (exact) mass is 296 g/mol. The summed E-state index contributed by atoms with van der Waals surface area (Å²) in [6.07, 6.45) is 3.66. The van der Waals surface area contributed by atoms with Crippen LogP contribution >= 0.6 is 12.4 Å². The van der Waals surface area contributed by atoms with Crippen molar-refractivity contribution < 1.29 is 9.53 Å². The molecule has 0 aliphatic carbocycles. The van der Waals surface area contributed by atoms with Crippen LogP contribution in [-0.4, -0.2) is 43.3 Å². The SMILES string of the molecule is Cl.O=C1OC(CN2CCCCC2)CN1c1ccccc1. The molecule has 1 unspecified atom stereocenters. The van der Waals surface area contributed by atoms with Gasteiger partial charge in [-0.15, -0.1) is 12.4 Å². The number of hydrogen-bond donors (Lipinski definition) is 0. The fourth-order valence-corrected chi connectivity index (χ4v) is 2.87. The van der Waals surface area contributed by atoms with Crippen molar-refractivity contribution in [3.8, 4) is 0 Å². The third-order valence-electron chi connectivity index (χ3n) is 3.85. The Labute approximate surface area is 126 Å². The Hall–Kier alpha value is -1.26. The van der Waals surface area contributed by atoms with E-state index in [2.05, 4.69) is 4.90 Å². The fraction of sp³-hybridized carbons (Fsp3) is 0.533. The number of rotatable bonds is 3. The first-order valence-electron chi connectivity index (χ1n) is 7.08. The van der Waals surface area contributed by atoms with Gasteiger partial charge in [-0.2, -0.15) is 0 Å². The predicted octanol–water partition coefficient (Wildman–Crippen LogP) is 2.92. The molecule has 0 radical (unpaired) electrons. The van der Waals surface area contributed by atoms with Crippen molar-refractivity contribution in [1.82, 2.24) is 4.90 Å². The lowest BCUT2D eigenvalue weighted by Gasteiger charge is -2.27. The zero-order chi connectivity index (χ0) is 13.1. The molecule has 2 aliphatic rings. The van der Waals surface area contributed by atoms with E-state index in [-0.39, 0.29) is 24.6 Å². The first kappa shape index (κ1) is 15.1. The number of hydrogen-bond acceptors (Lipinski definition) is 3. The second-order valence-corrected chi connectivity index (χ2v) is 5.31. The molecule has 1 atom stereocenters. The Kier molecular flexibility index (Phi) is 5.26. The summed E-state index contributed by atoms with van der Waals surface area (Å²) in [5.74, 6) is 0. The van der Waals surface area contributed by atoms with Crippen LogP contribution in [0.3, 0.4) is 0 Å². The largest absolute Gasteiger partial charge is 0.443 e. The van der Waals surface area contributed by atoms with Gasteiger partial charge in [-0.25, -0.2) is 4.79 Å². The van der Waals surface area contributed by atoms with Crippen LogP contribution in [0.4, 0.5) is 10.5 Å². The molecule has 110 valence electrons. The zero-order valence-electron chi connectivity index (χ0n) is 11.5. The number of anilines is 1. The highest BCUT2D eigenvalue weighted by Crippen LogP contribution is 2.22. The highest BCUT2D eigenvalue weighted by atomic mass is 35.5. The van der Waals surface area contributed by atoms with Crippen molar-refractivity contribution in [2.75, 3.05) is 31.1 Å². The first-order valence-corrected chi connectivity index (χ1v) is 7.08. The molecule has 0 saturated carbocycles. The molecule has 4 nitrogen and oxygen atoms in total. The highest BCUT2D eigenvalue weighted by molar-refractivity contribution is 5.89. The molecule has 2 aliphatic heterocycles. The van der Waals surface area contributed by atoms with E-state index in [9.17, 15) is 4.79 Å². The van der Waals surface area contributed by atoms with Crippen molar-refractivity contribution in [3.05, 3.63) is 30.3 Å². The van der Waals surface area contributed by atoms with Crippen LogP contribution in [-0.2, 0) is 4.74 Å². The zero-order valence-corrected chi connectivity index (χ0v) is 12.3. The average molecular weight is 297 g/mol. The van der Waals surface area contributed by atoms with E-state index >= 15 is 0 Å². The van der Waals surface area contributed by atoms with Crippen LogP contribution in [0.5, 0.6) is 0 Å². The molecule has 1 amide bonds. The standard InChI is InChI=1S/C15H20N2O2.ClH/c18-15-17(13-7-3-1-4-8-13)12-14(19-15)11-16-9-5-2-6-10-16;/h1,3-4,7-8,14H,2,5-6,9-12H2;1H. The number of likely N-dealkylation sites (tertiary alicyclic amines) is 1. The second kappa shape index (κ2) is 6.95. The maximum absolute atomic E-state index is 11.9. The van der Waals surface area contributed by atoms with Gasteiger partial charge >= 0.3 is 6.09 Å². The van der Waals surface area contributed by atoms with Crippen LogP contribution < -0.4 is 4.90 Å². The van der Waals surface area contributed by atoms with Crippen molar-refractivity contribution in [1.29, 1.82) is 0 Å². The number of halogens is 1. The minimum Gasteiger partial charge on any atom is -0.443 e. The Morgan fingerprint density at radius 3 is 2.50 bits per heavy atom. The molecular weight excluding hydrogens is 276 g/mol. The Balaban J connectivity index is 0.00000147. The summed E-state index contributed by atoms with van der Waals surface area (Å²) in [5.41, 5.74) is 0.925. The van der Waals surface area contributed by atoms with Gasteiger partial charge in [0.1, 0.15) is 6.10 Å². The minimum atomic E-state index is -0.215. The molecular formula is C15H21ClN2O2. The van der Waals surface area contributed by atoms with Crippen LogP contribution in [0.2, 0.25) is 0 Å². The highest BCUT2D eigenvalue weighted by Gasteiger charge is 2.33. The van der Waals surface area contributed by atoms with Crippen LogP contribution in [0.25, 0.3) is 0 Å². The normalized spacial score (nSPS) is 23.3. The number of cyclic esters (lactones) is 1. The third kappa shape index (κ3) is 3.44. The van der Waals surface area contributed by atoms with E-state index in [1.165, 1.54) is 19.3 Å². The van der Waals surface area contributed by atoms with Crippen molar-refractivity contribution in [2.24, 2.45) is 0 Å². The van der Waals surface area contributed by atoms with Gasteiger partial charge in [-0.1, -0.05) is 24.6 Å². The summed E-state index contributed by atoms with van der Waals surface area (Å²) in [6, 6.07) is 9.74. The number of para-hydroxylation sites is 1. The van der Waals surface area contributed by atoms with Gasteiger partial charge in [0.05, 0.1) is 6.54 Å². The number of nitrogens with zero attached hydrogens (tertiary/aromatic N) is 2. The number of carbonyl (C=O) groups excluding carboxylic acids is 1. The molecule has 0 spiro atoms. The van der Waals surface area contributed by atoms with Gasteiger partial charge in [0.2, 0.25) is 0 Å². The molecule has 0 bridgehead atoms. The lowest BCUT2D eigenvalue weighted by Crippen LogP contribution is -2.38. The fourth-order valence-electron chi connectivity index (χ4n) is 2.87. The number of carbonyl (C=O) groups is 1. The van der Waals surface area contributed by atoms with Gasteiger partial charge in [-0.05, 0) is 38.1 Å². The molecule has 2 fully saturated rings. The second-order valence-electron chi connectivity index (χ2n) is 5.31. The van der Waals surface area contributed by atoms with Crippen LogP contribution in [0, 0.1) is 0 Å². The van der Waals surface area contributed by atoms with Gasteiger partial charge in [-0.3, -0.25) is 9.80 Å². The average Bonchev–Trinajstić information content (AvgIpc) is 2.82. The summed E-state index contributed by atoms with van der Waals surface area (Å²) >= 11 is 0. The van der Waals surface area contributed by atoms with E-state index in [1.54, 1.807) is 4.90 Å². The molecule has 1 aromatic carbocycles. The van der Waals surface area contributed by atoms with Gasteiger partial charge < -0.3 is 4.74 Å². The summed E-state index contributed by atoms with van der Waals surface area (Å²) in [4.78, 5) is 16.1. The topological polar surface area (TPSA) is 32.8 Å². The molecule has 2 heterocycles. The molecule has 3 rings (SSSR count). The lowest BCUT2D eigenvalue weighted by atomic mass is 10.1. The van der Waals surface area contributed by atoms with Crippen molar-refractivity contribution in [3.63, 3.8) is 0 Å². The van der Waals surface area contributed by atoms with E-state index in [4.69, 9.17) is 4.74 Å². The summed E-state index contributed by atoms with van der Waals surface area (Å²) in [7, 11) is 0. The maximum atomic E-state index is 11.9. The number of amides is 1. The Morgan fingerprint density at radius 2 is 1.80 bits per heavy atom. The molecule has 20 heavy (non-hydrogen) atoms. The quantitative estimate of drug-likeness (QED) is 0.860. The summed E-state index contributed by atoms with van der Waals surface area (Å²) < 4.78 is 5.48. The Morgan fingerprint density at radius 1 is 1.10 bits per heavy atom. The van der Waals surface area contributed by atoms with Crippen molar-refractivity contribution in [2.45, 2.75) is 25.4 Å².